The molecule has 0 aliphatic carbocycles. The number of hydrogen-bond donors (Lipinski definition) is 2. The summed E-state index contributed by atoms with van der Waals surface area (Å²) in [7, 11) is 0. The van der Waals surface area contributed by atoms with Gasteiger partial charge in [0, 0.05) is 0 Å². The predicted molar refractivity (Wildman–Crippen MR) is 78.7 cm³/mol. The number of carbonyl (C=O) groups excluding carboxylic acids is 1. The van der Waals surface area contributed by atoms with E-state index in [0.29, 0.717) is 12.3 Å². The van der Waals surface area contributed by atoms with Crippen molar-refractivity contribution in [2.75, 3.05) is 13.2 Å². The van der Waals surface area contributed by atoms with Crippen molar-refractivity contribution in [3.63, 3.8) is 0 Å². The van der Waals surface area contributed by atoms with Crippen LogP contribution < -0.4 is 5.32 Å². The standard InChI is InChI=1S/C14H22N4O6/c1-4-21-13(20)15-5-8-6-18(17-16-8)12-11-10(9(7-19)22-12)23-14(2,3)24-11/h6,9-12,19H,4-5,7H2,1-3H3,(H,15,20)/t9-,10-,11-,12-/m1/s1. The average molecular weight is 342 g/mol. The number of nitrogens with zero attached hydrogens (tertiary/aromatic N) is 3. The maximum absolute atomic E-state index is 11.3. The van der Waals surface area contributed by atoms with Crippen LogP contribution in [0, 0.1) is 0 Å². The molecule has 0 aromatic carbocycles. The van der Waals surface area contributed by atoms with Crippen LogP contribution in [0.2, 0.25) is 0 Å². The Bertz CT molecular complexity index is 592. The van der Waals surface area contributed by atoms with Crippen LogP contribution in [-0.4, -0.2) is 63.5 Å². The molecule has 2 N–H and O–H groups in total. The third-order valence-corrected chi connectivity index (χ3v) is 3.81. The van der Waals surface area contributed by atoms with Gasteiger partial charge in [-0.05, 0) is 20.8 Å². The maximum Gasteiger partial charge on any atom is 0.407 e. The second-order valence-corrected chi connectivity index (χ2v) is 6.08. The highest BCUT2D eigenvalue weighted by molar-refractivity contribution is 5.66. The molecule has 3 heterocycles. The molecule has 0 bridgehead atoms. The van der Waals surface area contributed by atoms with Crippen LogP contribution in [-0.2, 0) is 25.5 Å². The molecule has 1 amide bonds. The fourth-order valence-electron chi connectivity index (χ4n) is 2.88. The largest absolute Gasteiger partial charge is 0.450 e. The molecule has 0 spiro atoms. The van der Waals surface area contributed by atoms with E-state index in [1.54, 1.807) is 13.1 Å². The summed E-state index contributed by atoms with van der Waals surface area (Å²) in [5.74, 6) is -0.750. The third-order valence-electron chi connectivity index (χ3n) is 3.81. The Labute approximate surface area is 139 Å². The molecule has 3 rings (SSSR count). The molecular formula is C14H22N4O6. The highest BCUT2D eigenvalue weighted by atomic mass is 16.8. The summed E-state index contributed by atoms with van der Waals surface area (Å²) in [6.45, 7) is 5.66. The van der Waals surface area contributed by atoms with Crippen molar-refractivity contribution < 1.29 is 28.8 Å². The van der Waals surface area contributed by atoms with E-state index >= 15 is 0 Å². The zero-order valence-corrected chi connectivity index (χ0v) is 13.8. The maximum atomic E-state index is 11.3. The van der Waals surface area contributed by atoms with E-state index in [0.717, 1.165) is 0 Å². The highest BCUT2D eigenvalue weighted by Crippen LogP contribution is 2.42. The molecule has 0 radical (unpaired) electrons. The van der Waals surface area contributed by atoms with Crippen LogP contribution in [0.5, 0.6) is 0 Å². The van der Waals surface area contributed by atoms with Gasteiger partial charge >= 0.3 is 6.09 Å². The van der Waals surface area contributed by atoms with Gasteiger partial charge in [-0.3, -0.25) is 0 Å². The Morgan fingerprint density at radius 2 is 2.21 bits per heavy atom. The van der Waals surface area contributed by atoms with E-state index < -0.39 is 30.3 Å². The number of carbonyl (C=O) groups is 1. The molecule has 24 heavy (non-hydrogen) atoms. The number of hydrogen-bond acceptors (Lipinski definition) is 8. The first kappa shape index (κ1) is 17.1. The van der Waals surface area contributed by atoms with Crippen LogP contribution in [0.15, 0.2) is 6.20 Å². The Morgan fingerprint density at radius 1 is 1.46 bits per heavy atom. The second kappa shape index (κ2) is 6.63. The highest BCUT2D eigenvalue weighted by Gasteiger charge is 2.56. The summed E-state index contributed by atoms with van der Waals surface area (Å²) in [6, 6.07) is 0. The van der Waals surface area contributed by atoms with Gasteiger partial charge in [0.15, 0.2) is 12.0 Å². The quantitative estimate of drug-likeness (QED) is 0.764. The number of alkyl carbamates (subject to hydrolysis) is 1. The van der Waals surface area contributed by atoms with Gasteiger partial charge in [0.1, 0.15) is 24.0 Å². The van der Waals surface area contributed by atoms with E-state index in [1.165, 1.54) is 4.68 Å². The van der Waals surface area contributed by atoms with Gasteiger partial charge in [0.25, 0.3) is 0 Å². The molecule has 0 saturated carbocycles. The third kappa shape index (κ3) is 3.36. The number of amides is 1. The van der Waals surface area contributed by atoms with Gasteiger partial charge in [-0.15, -0.1) is 5.10 Å². The number of aliphatic hydroxyl groups excluding tert-OH is 1. The number of aromatic nitrogens is 3. The zero-order valence-electron chi connectivity index (χ0n) is 13.8. The molecule has 1 aromatic rings. The molecule has 2 fully saturated rings. The Hall–Kier alpha value is -1.75. The minimum absolute atomic E-state index is 0.178. The van der Waals surface area contributed by atoms with Crippen molar-refractivity contribution in [2.45, 2.75) is 57.6 Å². The van der Waals surface area contributed by atoms with Gasteiger partial charge in [0.05, 0.1) is 26.0 Å². The topological polar surface area (TPSA) is 117 Å². The van der Waals surface area contributed by atoms with Gasteiger partial charge in [-0.25, -0.2) is 9.48 Å². The lowest BCUT2D eigenvalue weighted by Gasteiger charge is -2.23. The van der Waals surface area contributed by atoms with E-state index in [-0.39, 0.29) is 19.3 Å². The molecule has 1 aromatic heterocycles. The van der Waals surface area contributed by atoms with Crippen molar-refractivity contribution in [2.24, 2.45) is 0 Å². The number of rotatable bonds is 5. The molecule has 2 saturated heterocycles. The molecule has 134 valence electrons. The number of ether oxygens (including phenoxy) is 4. The smallest absolute Gasteiger partial charge is 0.407 e. The first-order chi connectivity index (χ1) is 11.4. The van der Waals surface area contributed by atoms with Crippen LogP contribution >= 0.6 is 0 Å². The molecule has 0 unspecified atom stereocenters. The average Bonchev–Trinajstić information content (AvgIpc) is 3.18. The zero-order chi connectivity index (χ0) is 17.3. The monoisotopic (exact) mass is 342 g/mol. The first-order valence-electron chi connectivity index (χ1n) is 7.87. The summed E-state index contributed by atoms with van der Waals surface area (Å²) >= 11 is 0. The molecule has 4 atom stereocenters. The normalized spacial score (nSPS) is 31.0. The van der Waals surface area contributed by atoms with E-state index in [2.05, 4.69) is 15.6 Å². The molecule has 10 nitrogen and oxygen atoms in total. The molecular weight excluding hydrogens is 320 g/mol. The van der Waals surface area contributed by atoms with Crippen molar-refractivity contribution in [3.8, 4) is 0 Å². The van der Waals surface area contributed by atoms with E-state index in [9.17, 15) is 9.90 Å². The van der Waals surface area contributed by atoms with Crippen molar-refractivity contribution >= 4 is 6.09 Å². The Morgan fingerprint density at radius 3 is 2.92 bits per heavy atom. The Balaban J connectivity index is 1.67. The minimum Gasteiger partial charge on any atom is -0.450 e. The molecule has 2 aliphatic rings. The summed E-state index contributed by atoms with van der Waals surface area (Å²) in [5, 5.41) is 20.1. The predicted octanol–water partition coefficient (Wildman–Crippen LogP) is -0.0660. The van der Waals surface area contributed by atoms with Gasteiger partial charge in [-0.1, -0.05) is 5.21 Å². The van der Waals surface area contributed by atoms with Crippen LogP contribution in [0.3, 0.4) is 0 Å². The van der Waals surface area contributed by atoms with Crippen molar-refractivity contribution in [1.82, 2.24) is 20.3 Å². The Kier molecular flexibility index (Phi) is 4.72. The fraction of sp³-hybridized carbons (Fsp3) is 0.786. The molecule has 10 heteroatoms. The summed E-state index contributed by atoms with van der Waals surface area (Å²) < 4.78 is 23.8. The first-order valence-corrected chi connectivity index (χ1v) is 7.87. The van der Waals surface area contributed by atoms with Gasteiger partial charge < -0.3 is 29.4 Å². The fourth-order valence-corrected chi connectivity index (χ4v) is 2.88. The van der Waals surface area contributed by atoms with Crippen molar-refractivity contribution in [3.05, 3.63) is 11.9 Å². The summed E-state index contributed by atoms with van der Waals surface area (Å²) in [5.41, 5.74) is 0.550. The van der Waals surface area contributed by atoms with E-state index in [1.807, 2.05) is 13.8 Å². The second-order valence-electron chi connectivity index (χ2n) is 6.08. The van der Waals surface area contributed by atoms with Gasteiger partial charge in [0.2, 0.25) is 0 Å². The summed E-state index contributed by atoms with van der Waals surface area (Å²) in [6.07, 6.45) is -0.684. The van der Waals surface area contributed by atoms with Crippen LogP contribution in [0.25, 0.3) is 0 Å². The lowest BCUT2D eigenvalue weighted by atomic mass is 10.1. The van der Waals surface area contributed by atoms with Crippen LogP contribution in [0.4, 0.5) is 4.79 Å². The number of fused-ring (bicyclic) bond motifs is 1. The molecule has 2 aliphatic heterocycles. The van der Waals surface area contributed by atoms with Crippen LogP contribution in [0.1, 0.15) is 32.7 Å². The van der Waals surface area contributed by atoms with Crippen molar-refractivity contribution in [1.29, 1.82) is 0 Å². The van der Waals surface area contributed by atoms with Gasteiger partial charge in [-0.2, -0.15) is 0 Å². The lowest BCUT2D eigenvalue weighted by molar-refractivity contribution is -0.201. The number of aliphatic hydroxyl groups is 1. The lowest BCUT2D eigenvalue weighted by Crippen LogP contribution is -2.31. The number of nitrogens with one attached hydrogen (secondary N) is 1. The minimum atomic E-state index is -0.750. The summed E-state index contributed by atoms with van der Waals surface area (Å²) in [4.78, 5) is 11.3. The SMILES string of the molecule is CCOC(=O)NCc1cn([C@@H]2O[C@H](CO)[C@H]3OC(C)(C)O[C@H]32)nn1. The van der Waals surface area contributed by atoms with E-state index in [4.69, 9.17) is 18.9 Å².